The fourth-order valence-corrected chi connectivity index (χ4v) is 7.56. The lowest BCUT2D eigenvalue weighted by Crippen LogP contribution is -2.35. The van der Waals surface area contributed by atoms with Crippen LogP contribution in [0.3, 0.4) is 0 Å². The Bertz CT molecular complexity index is 1360. The maximum atomic E-state index is 15.0. The molecule has 4 nitrogen and oxygen atoms in total. The van der Waals surface area contributed by atoms with Gasteiger partial charge in [-0.1, -0.05) is 103 Å². The second-order valence-electron chi connectivity index (χ2n) is 8.02. The maximum Gasteiger partial charge on any atom is 0.245 e. The minimum Gasteiger partial charge on any atom is -0.309 e. The van der Waals surface area contributed by atoms with Crippen LogP contribution in [-0.4, -0.2) is 11.8 Å². The third-order valence-corrected chi connectivity index (χ3v) is 9.23. The Morgan fingerprint density at radius 3 is 1.76 bits per heavy atom. The molecule has 0 unspecified atom stereocenters. The van der Waals surface area contributed by atoms with E-state index in [1.165, 1.54) is 11.8 Å². The monoisotopic (exact) mass is 451 g/mol. The fourth-order valence-electron chi connectivity index (χ4n) is 4.66. The molecule has 0 saturated carbocycles. The van der Waals surface area contributed by atoms with Crippen LogP contribution in [0.4, 0.5) is 5.69 Å². The summed E-state index contributed by atoms with van der Waals surface area (Å²) < 4.78 is 15.0. The van der Waals surface area contributed by atoms with Gasteiger partial charge in [0.15, 0.2) is 7.14 Å². The molecular weight excluding hydrogens is 429 g/mol. The van der Waals surface area contributed by atoms with Crippen molar-refractivity contribution in [3.8, 4) is 0 Å². The van der Waals surface area contributed by atoms with E-state index in [-0.39, 0.29) is 11.8 Å². The lowest BCUT2D eigenvalue weighted by molar-refractivity contribution is -0.125. The largest absolute Gasteiger partial charge is 0.309 e. The van der Waals surface area contributed by atoms with Crippen LogP contribution in [0.2, 0.25) is 0 Å². The summed E-state index contributed by atoms with van der Waals surface area (Å²) in [5, 5.41) is 2.01. The van der Waals surface area contributed by atoms with Gasteiger partial charge in [-0.25, -0.2) is 4.90 Å². The average molecular weight is 451 g/mol. The fraction of sp³-hybridized carbons (Fsp3) is 0.0714. The number of anilines is 1. The van der Waals surface area contributed by atoms with Gasteiger partial charge >= 0.3 is 0 Å². The Morgan fingerprint density at radius 1 is 0.697 bits per heavy atom. The zero-order chi connectivity index (χ0) is 23.0. The number of amides is 2. The third-order valence-electron chi connectivity index (χ3n) is 6.10. The summed E-state index contributed by atoms with van der Waals surface area (Å²) in [6.45, 7) is 1.39. The number of benzene rings is 4. The zero-order valence-corrected chi connectivity index (χ0v) is 19.0. The van der Waals surface area contributed by atoms with Gasteiger partial charge in [-0.3, -0.25) is 9.59 Å². The second kappa shape index (κ2) is 8.31. The van der Waals surface area contributed by atoms with Gasteiger partial charge in [-0.2, -0.15) is 0 Å². The lowest BCUT2D eigenvalue weighted by Gasteiger charge is -2.24. The highest BCUT2D eigenvalue weighted by molar-refractivity contribution is 7.85. The van der Waals surface area contributed by atoms with Crippen LogP contribution in [0.15, 0.2) is 109 Å². The Labute approximate surface area is 192 Å². The molecule has 5 rings (SSSR count). The number of imide groups is 1. The molecule has 0 saturated heterocycles. The van der Waals surface area contributed by atoms with Crippen LogP contribution in [-0.2, 0) is 14.2 Å². The van der Waals surface area contributed by atoms with Gasteiger partial charge in [0, 0.05) is 22.8 Å². The van der Waals surface area contributed by atoms with Gasteiger partial charge < -0.3 is 4.57 Å². The van der Waals surface area contributed by atoms with Crippen molar-refractivity contribution in [3.05, 3.63) is 120 Å². The van der Waals surface area contributed by atoms with E-state index in [2.05, 4.69) is 0 Å². The topological polar surface area (TPSA) is 54.5 Å². The summed E-state index contributed by atoms with van der Waals surface area (Å²) in [5.74, 6) is -1.35. The molecule has 0 spiro atoms. The molecule has 1 aliphatic heterocycles. The molecule has 0 fully saturated rings. The van der Waals surface area contributed by atoms with Gasteiger partial charge in [0.05, 0.1) is 11.6 Å². The highest BCUT2D eigenvalue weighted by atomic mass is 31.2. The highest BCUT2D eigenvalue weighted by Crippen LogP contribution is 2.48. The number of fused-ring (bicyclic) bond motifs is 1. The van der Waals surface area contributed by atoms with Gasteiger partial charge in [-0.05, 0) is 17.2 Å². The van der Waals surface area contributed by atoms with Gasteiger partial charge in [0.25, 0.3) is 0 Å². The van der Waals surface area contributed by atoms with Gasteiger partial charge in [0.2, 0.25) is 11.8 Å². The van der Waals surface area contributed by atoms with Crippen LogP contribution < -0.4 is 20.8 Å². The van der Waals surface area contributed by atoms with Crippen molar-refractivity contribution in [2.45, 2.75) is 12.8 Å². The molecule has 0 aliphatic carbocycles. The van der Waals surface area contributed by atoms with E-state index < -0.39 is 13.1 Å². The molecule has 1 atom stereocenters. The van der Waals surface area contributed by atoms with Crippen LogP contribution in [0, 0.1) is 0 Å². The summed E-state index contributed by atoms with van der Waals surface area (Å²) in [6, 6.07) is 33.5. The molecule has 4 aromatic rings. The van der Waals surface area contributed by atoms with E-state index in [9.17, 15) is 9.59 Å². The highest BCUT2D eigenvalue weighted by Gasteiger charge is 2.43. The molecule has 162 valence electrons. The molecule has 1 aliphatic rings. The number of nitrogens with zero attached hydrogens (tertiary/aromatic N) is 1. The molecular formula is C28H22NO3P. The van der Waals surface area contributed by atoms with Crippen molar-refractivity contribution in [1.29, 1.82) is 0 Å². The first-order chi connectivity index (χ1) is 16.0. The van der Waals surface area contributed by atoms with Gasteiger partial charge in [-0.15, -0.1) is 0 Å². The van der Waals surface area contributed by atoms with E-state index >= 15 is 4.57 Å². The van der Waals surface area contributed by atoms with Crippen molar-refractivity contribution >= 4 is 40.6 Å². The van der Waals surface area contributed by atoms with E-state index in [4.69, 9.17) is 0 Å². The lowest BCUT2D eigenvalue weighted by atomic mass is 9.92. The quantitative estimate of drug-likeness (QED) is 0.434. The first-order valence-electron chi connectivity index (χ1n) is 10.8. The molecule has 33 heavy (non-hydrogen) atoms. The van der Waals surface area contributed by atoms with Crippen LogP contribution in [0.5, 0.6) is 0 Å². The van der Waals surface area contributed by atoms with Crippen molar-refractivity contribution < 1.29 is 14.2 Å². The Balaban J connectivity index is 1.79. The van der Waals surface area contributed by atoms with Crippen LogP contribution in [0.25, 0.3) is 0 Å². The molecule has 5 heteroatoms. The maximum absolute atomic E-state index is 15.0. The van der Waals surface area contributed by atoms with Crippen LogP contribution in [0.1, 0.15) is 24.0 Å². The number of carbonyl (C=O) groups is 2. The first-order valence-corrected chi connectivity index (χ1v) is 12.5. The van der Waals surface area contributed by atoms with Crippen molar-refractivity contribution in [2.75, 3.05) is 4.90 Å². The summed E-state index contributed by atoms with van der Waals surface area (Å²) in [7, 11) is -3.30. The SMILES string of the molecule is CC(=O)N1C(=O)[C@@H](c2ccccc2P(=O)(c2ccccc2)c2ccccc2)c2ccccc21. The minimum absolute atomic E-state index is 0.316. The number of rotatable bonds is 4. The number of hydrogen-bond acceptors (Lipinski definition) is 3. The normalized spacial score (nSPS) is 15.4. The van der Waals surface area contributed by atoms with Crippen molar-refractivity contribution in [1.82, 2.24) is 0 Å². The zero-order valence-electron chi connectivity index (χ0n) is 18.1. The molecule has 4 aromatic carbocycles. The molecule has 0 aromatic heterocycles. The van der Waals surface area contributed by atoms with Crippen molar-refractivity contribution in [2.24, 2.45) is 0 Å². The first kappa shape index (κ1) is 21.1. The van der Waals surface area contributed by atoms with E-state index in [0.29, 0.717) is 27.2 Å². The summed E-state index contributed by atoms with van der Waals surface area (Å²) >= 11 is 0. The summed E-state index contributed by atoms with van der Waals surface area (Å²) in [5.41, 5.74) is 2.00. The second-order valence-corrected chi connectivity index (χ2v) is 10.8. The third kappa shape index (κ3) is 3.35. The van der Waals surface area contributed by atoms with Gasteiger partial charge in [0.1, 0.15) is 0 Å². The summed E-state index contributed by atoms with van der Waals surface area (Å²) in [6.07, 6.45) is 0. The molecule has 2 amide bonds. The summed E-state index contributed by atoms with van der Waals surface area (Å²) in [4.78, 5) is 27.2. The minimum atomic E-state index is -3.30. The van der Waals surface area contributed by atoms with Crippen LogP contribution >= 0.6 is 7.14 Å². The Hall–Kier alpha value is -3.75. The standard InChI is InChI=1S/C28H22NO3P/c1-20(30)29-25-18-10-8-16-23(25)27(28(29)31)24-17-9-11-19-26(24)33(32,21-12-4-2-5-13-21)22-14-6-3-7-15-22/h2-19,27H,1H3/t27-/m1/s1. The number of carbonyl (C=O) groups excluding carboxylic acids is 2. The molecule has 0 radical (unpaired) electrons. The smallest absolute Gasteiger partial charge is 0.245 e. The van der Waals surface area contributed by atoms with Crippen molar-refractivity contribution in [3.63, 3.8) is 0 Å². The van der Waals surface area contributed by atoms with E-state index in [1.807, 2.05) is 103 Å². The average Bonchev–Trinajstić information content (AvgIpc) is 3.16. The number of para-hydroxylation sites is 1. The Kier molecular flexibility index (Phi) is 5.32. The predicted molar refractivity (Wildman–Crippen MR) is 132 cm³/mol. The Morgan fingerprint density at radius 2 is 1.18 bits per heavy atom. The predicted octanol–water partition coefficient (Wildman–Crippen LogP) is 4.35. The number of hydrogen-bond donors (Lipinski definition) is 0. The molecule has 0 bridgehead atoms. The molecule has 1 heterocycles. The van der Waals surface area contributed by atoms with E-state index in [0.717, 1.165) is 5.56 Å². The van der Waals surface area contributed by atoms with E-state index in [1.54, 1.807) is 6.07 Å². The molecule has 0 N–H and O–H groups in total.